The Morgan fingerprint density at radius 1 is 1.29 bits per heavy atom. The molecule has 1 aromatic rings. The number of benzene rings is 1. The topological polar surface area (TPSA) is 32.3 Å². The van der Waals surface area contributed by atoms with Crippen LogP contribution in [-0.2, 0) is 6.54 Å². The molecular formula is C14H21NOS. The number of hydrogen-bond acceptors (Lipinski definition) is 3. The lowest BCUT2D eigenvalue weighted by Crippen LogP contribution is -2.33. The van der Waals surface area contributed by atoms with Crippen LogP contribution in [0.15, 0.2) is 24.3 Å². The number of nitrogens with one attached hydrogen (secondary N) is 1. The quantitative estimate of drug-likeness (QED) is 0.862. The molecule has 0 heterocycles. The minimum absolute atomic E-state index is 0.357. The van der Waals surface area contributed by atoms with E-state index in [4.69, 9.17) is 0 Å². The summed E-state index contributed by atoms with van der Waals surface area (Å²) in [6.45, 7) is 0.864. The number of hydrogen-bond donors (Lipinski definition) is 2. The van der Waals surface area contributed by atoms with Gasteiger partial charge in [0.2, 0.25) is 0 Å². The molecule has 2 rings (SSSR count). The molecule has 1 fully saturated rings. The fraction of sp³-hybridized carbons (Fsp3) is 0.571. The van der Waals surface area contributed by atoms with Gasteiger partial charge in [-0.1, -0.05) is 12.1 Å². The summed E-state index contributed by atoms with van der Waals surface area (Å²) in [7, 11) is 0. The molecule has 94 valence electrons. The highest BCUT2D eigenvalue weighted by Gasteiger charge is 2.19. The van der Waals surface area contributed by atoms with Gasteiger partial charge in [0.05, 0.1) is 0 Å². The van der Waals surface area contributed by atoms with Gasteiger partial charge in [0.1, 0.15) is 5.75 Å². The zero-order valence-electron chi connectivity index (χ0n) is 10.4. The van der Waals surface area contributed by atoms with Crippen LogP contribution in [0.2, 0.25) is 0 Å². The maximum absolute atomic E-state index is 9.39. The van der Waals surface area contributed by atoms with Crippen molar-refractivity contribution in [2.75, 3.05) is 6.26 Å². The smallest absolute Gasteiger partial charge is 0.115 e. The SMILES string of the molecule is CSC1CCC(NCc2cccc(O)c2)CC1. The van der Waals surface area contributed by atoms with Gasteiger partial charge in [0, 0.05) is 17.8 Å². The summed E-state index contributed by atoms with van der Waals surface area (Å²) in [6.07, 6.45) is 7.44. The van der Waals surface area contributed by atoms with Crippen LogP contribution in [0, 0.1) is 0 Å². The van der Waals surface area contributed by atoms with E-state index in [1.807, 2.05) is 23.9 Å². The van der Waals surface area contributed by atoms with Gasteiger partial charge >= 0.3 is 0 Å². The van der Waals surface area contributed by atoms with E-state index in [1.165, 1.54) is 25.7 Å². The van der Waals surface area contributed by atoms with Crippen molar-refractivity contribution in [3.63, 3.8) is 0 Å². The van der Waals surface area contributed by atoms with Gasteiger partial charge in [-0.25, -0.2) is 0 Å². The highest BCUT2D eigenvalue weighted by atomic mass is 32.2. The Morgan fingerprint density at radius 3 is 2.71 bits per heavy atom. The first kappa shape index (κ1) is 12.8. The predicted molar refractivity (Wildman–Crippen MR) is 74.5 cm³/mol. The standard InChI is InChI=1S/C14H21NOS/c1-17-14-7-5-12(6-8-14)15-10-11-3-2-4-13(16)9-11/h2-4,9,12,14-16H,5-8,10H2,1H3. The fourth-order valence-electron chi connectivity index (χ4n) is 2.43. The largest absolute Gasteiger partial charge is 0.508 e. The van der Waals surface area contributed by atoms with Gasteiger partial charge in [-0.3, -0.25) is 0 Å². The van der Waals surface area contributed by atoms with E-state index in [9.17, 15) is 5.11 Å². The third-order valence-electron chi connectivity index (χ3n) is 3.51. The molecule has 0 amide bonds. The Bertz CT molecular complexity index is 348. The van der Waals surface area contributed by atoms with E-state index >= 15 is 0 Å². The third-order valence-corrected chi connectivity index (χ3v) is 4.65. The maximum atomic E-state index is 9.39. The van der Waals surface area contributed by atoms with E-state index in [-0.39, 0.29) is 0 Å². The van der Waals surface area contributed by atoms with Crippen LogP contribution in [0.3, 0.4) is 0 Å². The molecular weight excluding hydrogens is 230 g/mol. The van der Waals surface area contributed by atoms with E-state index in [0.29, 0.717) is 11.8 Å². The lowest BCUT2D eigenvalue weighted by atomic mass is 9.95. The molecule has 0 bridgehead atoms. The summed E-state index contributed by atoms with van der Waals surface area (Å²) in [5, 5.41) is 13.8. The molecule has 0 aliphatic heterocycles. The summed E-state index contributed by atoms with van der Waals surface area (Å²) in [6, 6.07) is 8.16. The summed E-state index contributed by atoms with van der Waals surface area (Å²) in [4.78, 5) is 0. The van der Waals surface area contributed by atoms with Gasteiger partial charge in [0.15, 0.2) is 0 Å². The summed E-state index contributed by atoms with van der Waals surface area (Å²) < 4.78 is 0. The Labute approximate surface area is 108 Å². The van der Waals surface area contributed by atoms with Crippen LogP contribution in [0.5, 0.6) is 5.75 Å². The van der Waals surface area contributed by atoms with Gasteiger partial charge < -0.3 is 10.4 Å². The third kappa shape index (κ3) is 3.93. The van der Waals surface area contributed by atoms with Crippen LogP contribution in [-0.4, -0.2) is 22.7 Å². The Kier molecular flexibility index (Phi) is 4.75. The molecule has 1 aliphatic carbocycles. The van der Waals surface area contributed by atoms with Gasteiger partial charge in [0.25, 0.3) is 0 Å². The molecule has 1 aromatic carbocycles. The van der Waals surface area contributed by atoms with E-state index in [2.05, 4.69) is 17.6 Å². The van der Waals surface area contributed by atoms with E-state index in [1.54, 1.807) is 6.07 Å². The summed E-state index contributed by atoms with van der Waals surface area (Å²) in [5.74, 6) is 0.357. The number of phenols is 1. The van der Waals surface area contributed by atoms with Crippen molar-refractivity contribution in [1.82, 2.24) is 5.32 Å². The average Bonchev–Trinajstić information content (AvgIpc) is 2.37. The highest BCUT2D eigenvalue weighted by molar-refractivity contribution is 7.99. The second-order valence-electron chi connectivity index (χ2n) is 4.76. The van der Waals surface area contributed by atoms with Gasteiger partial charge in [-0.15, -0.1) is 0 Å². The zero-order valence-corrected chi connectivity index (χ0v) is 11.2. The van der Waals surface area contributed by atoms with Crippen LogP contribution in [0.25, 0.3) is 0 Å². The van der Waals surface area contributed by atoms with Crippen molar-refractivity contribution in [2.45, 2.75) is 43.5 Å². The van der Waals surface area contributed by atoms with Crippen molar-refractivity contribution in [1.29, 1.82) is 0 Å². The molecule has 3 heteroatoms. The minimum Gasteiger partial charge on any atom is -0.508 e. The van der Waals surface area contributed by atoms with Crippen molar-refractivity contribution in [2.24, 2.45) is 0 Å². The van der Waals surface area contributed by atoms with E-state index < -0.39 is 0 Å². The molecule has 0 spiro atoms. The molecule has 0 radical (unpaired) electrons. The van der Waals surface area contributed by atoms with Gasteiger partial charge in [-0.05, 0) is 49.6 Å². The van der Waals surface area contributed by atoms with Crippen molar-refractivity contribution < 1.29 is 5.11 Å². The van der Waals surface area contributed by atoms with Crippen molar-refractivity contribution >= 4 is 11.8 Å². The average molecular weight is 251 g/mol. The number of phenolic OH excluding ortho intramolecular Hbond substituents is 1. The monoisotopic (exact) mass is 251 g/mol. The maximum Gasteiger partial charge on any atom is 0.115 e. The predicted octanol–water partition coefficient (Wildman–Crippen LogP) is 3.16. The zero-order chi connectivity index (χ0) is 12.1. The lowest BCUT2D eigenvalue weighted by Gasteiger charge is -2.28. The molecule has 0 aromatic heterocycles. The van der Waals surface area contributed by atoms with Crippen molar-refractivity contribution in [3.8, 4) is 5.75 Å². The Hall–Kier alpha value is -0.670. The van der Waals surface area contributed by atoms with Crippen LogP contribution < -0.4 is 5.32 Å². The van der Waals surface area contributed by atoms with E-state index in [0.717, 1.165) is 17.4 Å². The molecule has 0 atom stereocenters. The van der Waals surface area contributed by atoms with Crippen LogP contribution >= 0.6 is 11.8 Å². The number of aromatic hydroxyl groups is 1. The second-order valence-corrected chi connectivity index (χ2v) is 5.90. The first-order valence-corrected chi connectivity index (χ1v) is 7.61. The Morgan fingerprint density at radius 2 is 2.06 bits per heavy atom. The van der Waals surface area contributed by atoms with Crippen LogP contribution in [0.4, 0.5) is 0 Å². The molecule has 0 saturated heterocycles. The Balaban J connectivity index is 1.76. The van der Waals surface area contributed by atoms with Gasteiger partial charge in [-0.2, -0.15) is 11.8 Å². The minimum atomic E-state index is 0.357. The van der Waals surface area contributed by atoms with Crippen LogP contribution in [0.1, 0.15) is 31.2 Å². The normalized spacial score (nSPS) is 24.8. The molecule has 1 aliphatic rings. The first-order valence-electron chi connectivity index (χ1n) is 6.32. The molecule has 2 N–H and O–H groups in total. The lowest BCUT2D eigenvalue weighted by molar-refractivity contribution is 0.378. The highest BCUT2D eigenvalue weighted by Crippen LogP contribution is 2.27. The fourth-order valence-corrected chi connectivity index (χ4v) is 3.17. The first-order chi connectivity index (χ1) is 8.28. The molecule has 17 heavy (non-hydrogen) atoms. The summed E-state index contributed by atoms with van der Waals surface area (Å²) >= 11 is 2.00. The molecule has 0 unspecified atom stereocenters. The second kappa shape index (κ2) is 6.31. The molecule has 2 nitrogen and oxygen atoms in total. The van der Waals surface area contributed by atoms with Crippen molar-refractivity contribution in [3.05, 3.63) is 29.8 Å². The molecule has 1 saturated carbocycles. The summed E-state index contributed by atoms with van der Waals surface area (Å²) in [5.41, 5.74) is 1.16. The number of rotatable bonds is 4. The number of thioether (sulfide) groups is 1.